The Bertz CT molecular complexity index is 493. The highest BCUT2D eigenvalue weighted by Crippen LogP contribution is 2.25. The van der Waals surface area contributed by atoms with Gasteiger partial charge in [-0.1, -0.05) is 32.4 Å². The zero-order valence-electron chi connectivity index (χ0n) is 17.8. The summed E-state index contributed by atoms with van der Waals surface area (Å²) in [4.78, 5) is 22.1. The van der Waals surface area contributed by atoms with E-state index in [4.69, 9.17) is 13.6 Å². The Hall–Kier alpha value is -1.59. The van der Waals surface area contributed by atoms with E-state index in [0.29, 0.717) is 13.2 Å². The molecule has 0 aromatic carbocycles. The fourth-order valence-electron chi connectivity index (χ4n) is 2.85. The molecule has 28 heavy (non-hydrogen) atoms. The summed E-state index contributed by atoms with van der Waals surface area (Å²) in [6, 6.07) is 2.11. The summed E-state index contributed by atoms with van der Waals surface area (Å²) in [5.41, 5.74) is 0. The van der Waals surface area contributed by atoms with Crippen LogP contribution in [0.4, 0.5) is 9.59 Å². The average molecular weight is 433 g/mol. The molecule has 0 bridgehead atoms. The lowest BCUT2D eigenvalue weighted by atomic mass is 10.3. The molecule has 0 aliphatic carbocycles. The summed E-state index contributed by atoms with van der Waals surface area (Å²) in [5.74, 6) is 0. The third-order valence-electron chi connectivity index (χ3n) is 3.95. The maximum Gasteiger partial charge on any atom is 0.513 e. The van der Waals surface area contributed by atoms with Crippen molar-refractivity contribution in [2.24, 2.45) is 0 Å². The molecule has 0 radical (unpaired) electrons. The second kappa shape index (κ2) is 14.4. The minimum atomic E-state index is -1.75. The van der Waals surface area contributed by atoms with Crippen molar-refractivity contribution in [2.45, 2.75) is 70.4 Å². The van der Waals surface area contributed by atoms with Gasteiger partial charge in [-0.2, -0.15) is 0 Å². The molecule has 7 nitrogen and oxygen atoms in total. The minimum absolute atomic E-state index is 0.348. The van der Waals surface area contributed by atoms with Crippen LogP contribution in [-0.2, 0) is 23.1 Å². The first kappa shape index (κ1) is 26.4. The molecule has 0 aliphatic heterocycles. The molecule has 0 fully saturated rings. The molecule has 0 rings (SSSR count). The molecule has 0 amide bonds. The maximum absolute atomic E-state index is 11.1. The van der Waals surface area contributed by atoms with Crippen molar-refractivity contribution in [3.63, 3.8) is 0 Å². The van der Waals surface area contributed by atoms with Crippen molar-refractivity contribution in [1.29, 1.82) is 0 Å². The molecule has 0 atom stereocenters. The van der Waals surface area contributed by atoms with Crippen molar-refractivity contribution in [3.8, 4) is 0 Å². The highest BCUT2D eigenvalue weighted by atomic mass is 28.4. The van der Waals surface area contributed by atoms with Gasteiger partial charge in [-0.25, -0.2) is 9.59 Å². The van der Waals surface area contributed by atoms with E-state index in [1.807, 2.05) is 0 Å². The van der Waals surface area contributed by atoms with Gasteiger partial charge in [-0.05, 0) is 51.1 Å². The number of unbranched alkanes of at least 4 members (excludes halogenated alkanes) is 3. The van der Waals surface area contributed by atoms with E-state index in [0.717, 1.165) is 56.7 Å². The largest absolute Gasteiger partial charge is 0.513 e. The molecule has 0 heterocycles. The first-order chi connectivity index (χ1) is 13.1. The third-order valence-corrected chi connectivity index (χ3v) is 11.5. The number of rotatable bonds is 15. The van der Waals surface area contributed by atoms with E-state index < -0.39 is 28.9 Å². The Morgan fingerprint density at radius 2 is 1.11 bits per heavy atom. The lowest BCUT2D eigenvalue weighted by molar-refractivity contribution is 0.0825. The topological polar surface area (TPSA) is 80.3 Å². The van der Waals surface area contributed by atoms with Crippen LogP contribution in [0.5, 0.6) is 0 Å². The van der Waals surface area contributed by atoms with Gasteiger partial charge in [0.15, 0.2) is 16.6 Å². The summed E-state index contributed by atoms with van der Waals surface area (Å²) in [6.07, 6.45) is 5.32. The molecular weight excluding hydrogens is 396 g/mol. The van der Waals surface area contributed by atoms with Gasteiger partial charge in [0.2, 0.25) is 0 Å². The Morgan fingerprint density at radius 3 is 1.54 bits per heavy atom. The quantitative estimate of drug-likeness (QED) is 0.137. The maximum atomic E-state index is 11.1. The number of carbonyl (C=O) groups excluding carboxylic acids is 2. The highest BCUT2D eigenvalue weighted by Gasteiger charge is 2.32. The summed E-state index contributed by atoms with van der Waals surface area (Å²) in [5, 5.41) is 0. The number of ether oxygens (including phenoxy) is 4. The molecule has 0 saturated heterocycles. The molecule has 0 aliphatic rings. The van der Waals surface area contributed by atoms with Gasteiger partial charge in [-0.15, -0.1) is 0 Å². The monoisotopic (exact) mass is 432 g/mol. The van der Waals surface area contributed by atoms with E-state index in [9.17, 15) is 9.59 Å². The summed E-state index contributed by atoms with van der Waals surface area (Å²) in [7, 11) is -3.48. The first-order valence-electron chi connectivity index (χ1n) is 9.71. The van der Waals surface area contributed by atoms with E-state index in [-0.39, 0.29) is 0 Å². The molecule has 0 N–H and O–H groups in total. The lowest BCUT2D eigenvalue weighted by Gasteiger charge is -2.34. The van der Waals surface area contributed by atoms with Crippen LogP contribution >= 0.6 is 0 Å². The molecular formula is C19H36O7Si2. The predicted octanol–water partition coefficient (Wildman–Crippen LogP) is 5.96. The molecule has 0 unspecified atom stereocenters. The van der Waals surface area contributed by atoms with Gasteiger partial charge in [0.1, 0.15) is 0 Å². The molecule has 0 aromatic rings. The highest BCUT2D eigenvalue weighted by molar-refractivity contribution is 6.84. The summed E-state index contributed by atoms with van der Waals surface area (Å²) < 4.78 is 25.4. The van der Waals surface area contributed by atoms with Crippen molar-refractivity contribution in [3.05, 3.63) is 25.7 Å². The van der Waals surface area contributed by atoms with Crippen LogP contribution in [0.3, 0.4) is 0 Å². The normalized spacial score (nSPS) is 11.4. The number of hydrogen-bond acceptors (Lipinski definition) is 7. The molecule has 9 heteroatoms. The third kappa shape index (κ3) is 15.5. The van der Waals surface area contributed by atoms with Crippen molar-refractivity contribution >= 4 is 28.9 Å². The van der Waals surface area contributed by atoms with Gasteiger partial charge in [0.25, 0.3) is 0 Å². The van der Waals surface area contributed by atoms with E-state index in [2.05, 4.69) is 48.8 Å². The smallest absolute Gasteiger partial charge is 0.455 e. The Kier molecular flexibility index (Phi) is 13.6. The second-order valence-corrected chi connectivity index (χ2v) is 16.5. The number of hydrogen-bond donors (Lipinski definition) is 0. The van der Waals surface area contributed by atoms with Crippen molar-refractivity contribution < 1.29 is 32.7 Å². The van der Waals surface area contributed by atoms with Crippen molar-refractivity contribution in [2.75, 3.05) is 13.2 Å². The van der Waals surface area contributed by atoms with Gasteiger partial charge in [0, 0.05) is 0 Å². The molecule has 162 valence electrons. The van der Waals surface area contributed by atoms with E-state index in [1.165, 1.54) is 0 Å². The first-order valence-corrected chi connectivity index (χ1v) is 15.9. The number of carbonyl (C=O) groups is 2. The fraction of sp³-hybridized carbons (Fsp3) is 0.684. The van der Waals surface area contributed by atoms with Gasteiger partial charge >= 0.3 is 12.3 Å². The van der Waals surface area contributed by atoms with Gasteiger partial charge in [-0.3, -0.25) is 0 Å². The Morgan fingerprint density at radius 1 is 0.714 bits per heavy atom. The van der Waals surface area contributed by atoms with Crippen LogP contribution in [-0.4, -0.2) is 42.2 Å². The summed E-state index contributed by atoms with van der Waals surface area (Å²) >= 11 is 0. The molecule has 0 spiro atoms. The summed E-state index contributed by atoms with van der Waals surface area (Å²) in [6.45, 7) is 16.3. The second-order valence-electron chi connectivity index (χ2n) is 7.66. The zero-order chi connectivity index (χ0) is 21.5. The fourth-order valence-corrected chi connectivity index (χ4v) is 11.9. The predicted molar refractivity (Wildman–Crippen MR) is 114 cm³/mol. The molecule has 0 saturated carbocycles. The standard InChI is InChI=1S/C19H36O7Si2/c1-7-22-18(20)24-14-10-9-12-16-27(3,4)26-28(5,6)17-13-11-15-25-19(21)23-8-2/h7-8H,1-2,9-17H2,3-6H3. The van der Waals surface area contributed by atoms with Crippen LogP contribution in [0.25, 0.3) is 0 Å². The van der Waals surface area contributed by atoms with Gasteiger partial charge in [0.05, 0.1) is 25.7 Å². The average Bonchev–Trinajstić information content (AvgIpc) is 2.57. The zero-order valence-corrected chi connectivity index (χ0v) is 19.8. The Labute approximate surface area is 171 Å². The van der Waals surface area contributed by atoms with Gasteiger partial charge < -0.3 is 23.1 Å². The van der Waals surface area contributed by atoms with E-state index in [1.54, 1.807) is 0 Å². The van der Waals surface area contributed by atoms with Crippen molar-refractivity contribution in [1.82, 2.24) is 0 Å². The van der Waals surface area contributed by atoms with E-state index >= 15 is 0 Å². The Balaban J connectivity index is 3.92. The van der Waals surface area contributed by atoms with Crippen LogP contribution in [0.1, 0.15) is 32.1 Å². The van der Waals surface area contributed by atoms with Crippen LogP contribution in [0.2, 0.25) is 38.3 Å². The van der Waals surface area contributed by atoms with Crippen LogP contribution in [0, 0.1) is 0 Å². The minimum Gasteiger partial charge on any atom is -0.455 e. The SMILES string of the molecule is C=COC(=O)OCCCCC[Si](C)(C)O[Si](C)(C)CCCCOC(=O)OC=C. The lowest BCUT2D eigenvalue weighted by Crippen LogP contribution is -2.44. The molecule has 0 aromatic heterocycles. The van der Waals surface area contributed by atoms with Crippen LogP contribution in [0.15, 0.2) is 25.7 Å². The van der Waals surface area contributed by atoms with Crippen LogP contribution < -0.4 is 0 Å².